The van der Waals surface area contributed by atoms with E-state index in [4.69, 9.17) is 23.2 Å². The maximum absolute atomic E-state index is 12.2. The zero-order chi connectivity index (χ0) is 15.6. The number of hydrogen-bond donors (Lipinski definition) is 1. The highest BCUT2D eigenvalue weighted by Gasteiger charge is 2.30. The lowest BCUT2D eigenvalue weighted by atomic mass is 9.99. The summed E-state index contributed by atoms with van der Waals surface area (Å²) in [5.74, 6) is -0.565. The Labute approximate surface area is 134 Å². The Morgan fingerprint density at radius 1 is 1.33 bits per heavy atom. The van der Waals surface area contributed by atoms with Gasteiger partial charge in [0.15, 0.2) is 0 Å². The van der Waals surface area contributed by atoms with Crippen molar-refractivity contribution in [2.45, 2.75) is 12.8 Å². The smallest absolute Gasteiger partial charge is 0.228 e. The first-order chi connectivity index (χ1) is 9.77. The van der Waals surface area contributed by atoms with Crippen molar-refractivity contribution in [3.63, 3.8) is 0 Å². The van der Waals surface area contributed by atoms with Gasteiger partial charge < -0.3 is 5.32 Å². The Kier molecular flexibility index (Phi) is 5.14. The molecule has 1 aromatic rings. The van der Waals surface area contributed by atoms with Crippen molar-refractivity contribution in [3.05, 3.63) is 28.2 Å². The molecule has 1 fully saturated rings. The van der Waals surface area contributed by atoms with E-state index >= 15 is 0 Å². The number of rotatable bonds is 3. The average Bonchev–Trinajstić information content (AvgIpc) is 2.42. The Balaban J connectivity index is 2.04. The summed E-state index contributed by atoms with van der Waals surface area (Å²) in [4.78, 5) is 12.2. The van der Waals surface area contributed by atoms with Gasteiger partial charge in [0.25, 0.3) is 0 Å². The van der Waals surface area contributed by atoms with Gasteiger partial charge in [-0.2, -0.15) is 0 Å². The third kappa shape index (κ3) is 4.32. The quantitative estimate of drug-likeness (QED) is 0.910. The highest BCUT2D eigenvalue weighted by Crippen LogP contribution is 2.26. The first-order valence-electron chi connectivity index (χ1n) is 6.48. The van der Waals surface area contributed by atoms with Crippen LogP contribution in [-0.4, -0.2) is 38.0 Å². The molecule has 1 aliphatic rings. The van der Waals surface area contributed by atoms with Gasteiger partial charge in [-0.3, -0.25) is 4.79 Å². The van der Waals surface area contributed by atoms with E-state index in [2.05, 4.69) is 5.32 Å². The van der Waals surface area contributed by atoms with Crippen LogP contribution in [0.1, 0.15) is 12.8 Å². The Bertz CT molecular complexity index is 649. The molecule has 1 aliphatic heterocycles. The number of carbonyl (C=O) groups excluding carboxylic acids is 1. The predicted octanol–water partition coefficient (Wildman–Crippen LogP) is 2.60. The topological polar surface area (TPSA) is 66.5 Å². The lowest BCUT2D eigenvalue weighted by Gasteiger charge is -2.30. The summed E-state index contributed by atoms with van der Waals surface area (Å²) in [6.07, 6.45) is 2.50. The van der Waals surface area contributed by atoms with Crippen LogP contribution >= 0.6 is 23.2 Å². The van der Waals surface area contributed by atoms with Gasteiger partial charge in [-0.05, 0) is 31.0 Å². The third-order valence-corrected chi connectivity index (χ3v) is 5.42. The van der Waals surface area contributed by atoms with E-state index in [-0.39, 0.29) is 18.4 Å². The van der Waals surface area contributed by atoms with Crippen LogP contribution in [0.25, 0.3) is 0 Å². The van der Waals surface area contributed by atoms with Gasteiger partial charge >= 0.3 is 0 Å². The minimum Gasteiger partial charge on any atom is -0.326 e. The van der Waals surface area contributed by atoms with E-state index in [9.17, 15) is 13.2 Å². The fourth-order valence-electron chi connectivity index (χ4n) is 2.28. The number of piperidine rings is 1. The molecule has 1 saturated heterocycles. The van der Waals surface area contributed by atoms with Crippen molar-refractivity contribution in [1.29, 1.82) is 0 Å². The molecule has 5 nitrogen and oxygen atoms in total. The molecule has 0 spiro atoms. The summed E-state index contributed by atoms with van der Waals surface area (Å²) in [5.41, 5.74) is 0.547. The summed E-state index contributed by atoms with van der Waals surface area (Å²) < 4.78 is 24.5. The molecule has 0 bridgehead atoms. The van der Waals surface area contributed by atoms with Gasteiger partial charge in [0.1, 0.15) is 0 Å². The van der Waals surface area contributed by atoms with Crippen molar-refractivity contribution in [1.82, 2.24) is 4.31 Å². The van der Waals surface area contributed by atoms with Crippen molar-refractivity contribution in [2.75, 3.05) is 24.7 Å². The Morgan fingerprint density at radius 2 is 2.05 bits per heavy atom. The molecule has 0 unspecified atom stereocenters. The lowest BCUT2D eigenvalue weighted by Crippen LogP contribution is -2.43. The van der Waals surface area contributed by atoms with E-state index in [1.54, 1.807) is 18.2 Å². The molecule has 0 saturated carbocycles. The normalized spacial score (nSPS) is 20.2. The molecule has 1 N–H and O–H groups in total. The number of carbonyl (C=O) groups is 1. The molecule has 0 aromatic heterocycles. The van der Waals surface area contributed by atoms with E-state index < -0.39 is 10.0 Å². The molecular formula is C13H16Cl2N2O3S. The molecule has 2 rings (SSSR count). The number of benzene rings is 1. The van der Waals surface area contributed by atoms with E-state index in [1.807, 2.05) is 0 Å². The van der Waals surface area contributed by atoms with E-state index in [0.29, 0.717) is 35.1 Å². The predicted molar refractivity (Wildman–Crippen MR) is 84.2 cm³/mol. The summed E-state index contributed by atoms with van der Waals surface area (Å²) in [7, 11) is -3.26. The molecule has 1 amide bonds. The first-order valence-corrected chi connectivity index (χ1v) is 9.09. The van der Waals surface area contributed by atoms with Crippen molar-refractivity contribution in [3.8, 4) is 0 Å². The van der Waals surface area contributed by atoms with E-state index in [0.717, 1.165) is 6.26 Å². The van der Waals surface area contributed by atoms with Crippen LogP contribution in [0, 0.1) is 5.92 Å². The minimum absolute atomic E-state index is 0.207. The number of sulfonamides is 1. The van der Waals surface area contributed by atoms with Gasteiger partial charge in [-0.1, -0.05) is 23.2 Å². The van der Waals surface area contributed by atoms with Crippen molar-refractivity contribution >= 4 is 44.8 Å². The van der Waals surface area contributed by atoms with Gasteiger partial charge in [-0.25, -0.2) is 12.7 Å². The van der Waals surface area contributed by atoms with Crippen LogP contribution in [0.15, 0.2) is 18.2 Å². The molecule has 21 heavy (non-hydrogen) atoms. The van der Waals surface area contributed by atoms with Crippen molar-refractivity contribution < 1.29 is 13.2 Å². The standard InChI is InChI=1S/C13H16Cl2N2O3S/c1-21(19,20)17-6-2-3-9(8-17)13(18)16-10-4-5-11(14)12(15)7-10/h4-5,7,9H,2-3,6,8H2,1H3,(H,16,18)/t9-/m1/s1. The maximum Gasteiger partial charge on any atom is 0.228 e. The summed E-state index contributed by atoms with van der Waals surface area (Å²) in [6, 6.07) is 4.82. The maximum atomic E-state index is 12.2. The van der Waals surface area contributed by atoms with Crippen molar-refractivity contribution in [2.24, 2.45) is 5.92 Å². The number of nitrogens with zero attached hydrogens (tertiary/aromatic N) is 1. The number of anilines is 1. The SMILES string of the molecule is CS(=O)(=O)N1CCC[C@@H](C(=O)Nc2ccc(Cl)c(Cl)c2)C1. The van der Waals surface area contributed by atoms with Crippen LogP contribution < -0.4 is 5.32 Å². The van der Waals surface area contributed by atoms with Crippen LogP contribution in [0.5, 0.6) is 0 Å². The summed E-state index contributed by atoms with van der Waals surface area (Å²) in [5, 5.41) is 3.52. The molecule has 0 radical (unpaired) electrons. The number of amides is 1. The van der Waals surface area contributed by atoms with E-state index in [1.165, 1.54) is 4.31 Å². The summed E-state index contributed by atoms with van der Waals surface area (Å²) in [6.45, 7) is 0.682. The van der Waals surface area contributed by atoms with Gasteiger partial charge in [0, 0.05) is 18.8 Å². The Morgan fingerprint density at radius 3 is 2.67 bits per heavy atom. The van der Waals surface area contributed by atoms with Crippen LogP contribution in [0.3, 0.4) is 0 Å². The second-order valence-electron chi connectivity index (χ2n) is 5.08. The molecule has 1 aromatic carbocycles. The average molecular weight is 351 g/mol. The highest BCUT2D eigenvalue weighted by atomic mass is 35.5. The molecule has 0 aliphatic carbocycles. The highest BCUT2D eigenvalue weighted by molar-refractivity contribution is 7.88. The zero-order valence-electron chi connectivity index (χ0n) is 11.5. The molecule has 8 heteroatoms. The third-order valence-electron chi connectivity index (χ3n) is 3.41. The fourth-order valence-corrected chi connectivity index (χ4v) is 3.49. The minimum atomic E-state index is -3.26. The van der Waals surface area contributed by atoms with Crippen LogP contribution in [0.2, 0.25) is 10.0 Å². The molecule has 1 heterocycles. The fraction of sp³-hybridized carbons (Fsp3) is 0.462. The monoisotopic (exact) mass is 350 g/mol. The van der Waals surface area contributed by atoms with Gasteiger partial charge in [0.05, 0.1) is 22.2 Å². The summed E-state index contributed by atoms with van der Waals surface area (Å²) >= 11 is 11.7. The van der Waals surface area contributed by atoms with Crippen LogP contribution in [-0.2, 0) is 14.8 Å². The molecule has 1 atom stereocenters. The number of nitrogens with one attached hydrogen (secondary N) is 1. The van der Waals surface area contributed by atoms with Gasteiger partial charge in [0.2, 0.25) is 15.9 Å². The number of hydrogen-bond acceptors (Lipinski definition) is 3. The number of halogens is 2. The first kappa shape index (κ1) is 16.5. The van der Waals surface area contributed by atoms with Gasteiger partial charge in [-0.15, -0.1) is 0 Å². The Hall–Kier alpha value is -0.820. The van der Waals surface area contributed by atoms with Crippen LogP contribution in [0.4, 0.5) is 5.69 Å². The largest absolute Gasteiger partial charge is 0.326 e. The molecule has 116 valence electrons. The second kappa shape index (κ2) is 6.52. The molecular weight excluding hydrogens is 335 g/mol. The lowest BCUT2D eigenvalue weighted by molar-refractivity contribution is -0.120. The second-order valence-corrected chi connectivity index (χ2v) is 7.88. The zero-order valence-corrected chi connectivity index (χ0v) is 13.8.